The van der Waals surface area contributed by atoms with Crippen LogP contribution in [-0.4, -0.2) is 34.4 Å². The lowest BCUT2D eigenvalue weighted by Gasteiger charge is -2.12. The molecule has 6 nitrogen and oxygen atoms in total. The van der Waals surface area contributed by atoms with E-state index in [2.05, 4.69) is 21.2 Å². The van der Waals surface area contributed by atoms with Crippen molar-refractivity contribution in [3.63, 3.8) is 0 Å². The van der Waals surface area contributed by atoms with E-state index in [1.165, 1.54) is 6.07 Å². The summed E-state index contributed by atoms with van der Waals surface area (Å²) >= 11 is 8.88. The quantitative estimate of drug-likeness (QED) is 0.566. The van der Waals surface area contributed by atoms with Gasteiger partial charge in [-0.15, -0.1) is 0 Å². The summed E-state index contributed by atoms with van der Waals surface area (Å²) in [6.45, 7) is -0.449. The molecule has 3 N–H and O–H groups in total. The van der Waals surface area contributed by atoms with Crippen molar-refractivity contribution in [3.05, 3.63) is 31.7 Å². The van der Waals surface area contributed by atoms with Crippen LogP contribution in [0.3, 0.4) is 0 Å². The summed E-state index contributed by atoms with van der Waals surface area (Å²) in [4.78, 5) is 10.2. The third-order valence-corrected chi connectivity index (χ3v) is 2.95. The van der Waals surface area contributed by atoms with Gasteiger partial charge in [0, 0.05) is 11.0 Å². The zero-order valence-corrected chi connectivity index (χ0v) is 10.9. The number of halogens is 2. The minimum Gasteiger partial charge on any atom is -0.394 e. The highest BCUT2D eigenvalue weighted by Crippen LogP contribution is 2.38. The fraction of sp³-hybridized carbons (Fsp3) is 0.333. The van der Waals surface area contributed by atoms with Crippen molar-refractivity contribution in [1.29, 1.82) is 0 Å². The van der Waals surface area contributed by atoms with E-state index >= 15 is 0 Å². The molecule has 0 aliphatic carbocycles. The Morgan fingerprint density at radius 1 is 1.59 bits per heavy atom. The van der Waals surface area contributed by atoms with Gasteiger partial charge in [-0.05, 0) is 28.1 Å². The molecule has 0 radical (unpaired) electrons. The summed E-state index contributed by atoms with van der Waals surface area (Å²) < 4.78 is 0.457. The summed E-state index contributed by atoms with van der Waals surface area (Å²) in [6, 6.07) is 2.96. The van der Waals surface area contributed by atoms with Crippen LogP contribution in [-0.2, 0) is 0 Å². The highest BCUT2D eigenvalue weighted by molar-refractivity contribution is 9.10. The Kier molecular flexibility index (Phi) is 5.13. The minimum absolute atomic E-state index is 0.000752. The van der Waals surface area contributed by atoms with Gasteiger partial charge in [-0.1, -0.05) is 11.6 Å². The van der Waals surface area contributed by atoms with E-state index in [-0.39, 0.29) is 22.9 Å². The van der Waals surface area contributed by atoms with Gasteiger partial charge in [-0.25, -0.2) is 0 Å². The molecule has 0 saturated carbocycles. The number of nitro groups is 1. The average molecular weight is 326 g/mol. The first kappa shape index (κ1) is 14.2. The number of nitro benzene ring substituents is 1. The Balaban J connectivity index is 3.04. The number of hydrogen-bond acceptors (Lipinski definition) is 5. The van der Waals surface area contributed by atoms with Crippen LogP contribution in [0.2, 0.25) is 5.02 Å². The van der Waals surface area contributed by atoms with Gasteiger partial charge in [0.2, 0.25) is 0 Å². The third kappa shape index (κ3) is 3.53. The van der Waals surface area contributed by atoms with Crippen molar-refractivity contribution in [2.24, 2.45) is 0 Å². The maximum atomic E-state index is 10.9. The summed E-state index contributed by atoms with van der Waals surface area (Å²) in [7, 11) is 0. The molecule has 0 amide bonds. The normalized spacial score (nSPS) is 12.2. The van der Waals surface area contributed by atoms with Crippen molar-refractivity contribution in [2.75, 3.05) is 18.5 Å². The van der Waals surface area contributed by atoms with Crippen molar-refractivity contribution < 1.29 is 15.1 Å². The molecule has 1 unspecified atom stereocenters. The highest BCUT2D eigenvalue weighted by atomic mass is 79.9. The second-order valence-corrected chi connectivity index (χ2v) is 4.49. The van der Waals surface area contributed by atoms with E-state index in [9.17, 15) is 15.2 Å². The van der Waals surface area contributed by atoms with Gasteiger partial charge in [0.25, 0.3) is 0 Å². The molecule has 0 heterocycles. The maximum Gasteiger partial charge on any atom is 0.311 e. The van der Waals surface area contributed by atoms with E-state index in [4.69, 9.17) is 16.7 Å². The lowest BCUT2D eigenvalue weighted by molar-refractivity contribution is -0.383. The molecule has 0 aromatic heterocycles. The minimum atomic E-state index is -1.000. The molecule has 8 heteroatoms. The molecule has 1 aromatic rings. The molecule has 94 valence electrons. The standard InChI is InChI=1S/C9H10BrClN2O4/c10-6-1-2-7(11)9(13(16)17)8(6)12-3-5(15)4-14/h1-2,5,12,14-15H,3-4H2. The van der Waals surface area contributed by atoms with Crippen LogP contribution in [0.15, 0.2) is 16.6 Å². The van der Waals surface area contributed by atoms with E-state index in [0.717, 1.165) is 0 Å². The summed E-state index contributed by atoms with van der Waals surface area (Å²) in [6.07, 6.45) is -1.000. The third-order valence-electron chi connectivity index (χ3n) is 1.99. The number of nitrogens with one attached hydrogen (secondary N) is 1. The van der Waals surface area contributed by atoms with Crippen LogP contribution in [0.4, 0.5) is 11.4 Å². The smallest absolute Gasteiger partial charge is 0.311 e. The van der Waals surface area contributed by atoms with Gasteiger partial charge in [-0.2, -0.15) is 0 Å². The van der Waals surface area contributed by atoms with Gasteiger partial charge >= 0.3 is 5.69 Å². The van der Waals surface area contributed by atoms with Gasteiger partial charge in [0.05, 0.1) is 17.6 Å². The predicted molar refractivity (Wildman–Crippen MR) is 67.4 cm³/mol. The van der Waals surface area contributed by atoms with Crippen LogP contribution in [0, 0.1) is 10.1 Å². The van der Waals surface area contributed by atoms with Gasteiger partial charge in [0.1, 0.15) is 10.7 Å². The van der Waals surface area contributed by atoms with Crippen molar-refractivity contribution in [2.45, 2.75) is 6.10 Å². The number of aliphatic hydroxyl groups excluding tert-OH is 2. The number of anilines is 1. The van der Waals surface area contributed by atoms with Crippen LogP contribution in [0.25, 0.3) is 0 Å². The second-order valence-electron chi connectivity index (χ2n) is 3.23. The Hall–Kier alpha value is -0.890. The van der Waals surface area contributed by atoms with E-state index in [1.807, 2.05) is 0 Å². The first-order valence-corrected chi connectivity index (χ1v) is 5.79. The number of rotatable bonds is 5. The van der Waals surface area contributed by atoms with Crippen molar-refractivity contribution in [3.8, 4) is 0 Å². The first-order chi connectivity index (χ1) is 7.97. The molecule has 1 atom stereocenters. The highest BCUT2D eigenvalue weighted by Gasteiger charge is 2.21. The van der Waals surface area contributed by atoms with Crippen LogP contribution < -0.4 is 5.32 Å². The molecular weight excluding hydrogens is 315 g/mol. The van der Waals surface area contributed by atoms with E-state index in [1.54, 1.807) is 6.07 Å². The number of hydrogen-bond donors (Lipinski definition) is 3. The molecule has 0 fully saturated rings. The zero-order valence-electron chi connectivity index (χ0n) is 8.56. The molecule has 1 rings (SSSR count). The Morgan fingerprint density at radius 3 is 2.76 bits per heavy atom. The monoisotopic (exact) mass is 324 g/mol. The summed E-state index contributed by atoms with van der Waals surface area (Å²) in [5, 5.41) is 31.4. The molecule has 17 heavy (non-hydrogen) atoms. The average Bonchev–Trinajstić information content (AvgIpc) is 2.28. The number of aliphatic hydroxyl groups is 2. The molecule has 0 bridgehead atoms. The van der Waals surface area contributed by atoms with Crippen LogP contribution in [0.1, 0.15) is 0 Å². The van der Waals surface area contributed by atoms with Gasteiger partial charge in [0.15, 0.2) is 0 Å². The summed E-state index contributed by atoms with van der Waals surface area (Å²) in [5.41, 5.74) is -0.0961. The Bertz CT molecular complexity index is 430. The topological polar surface area (TPSA) is 95.6 Å². The van der Waals surface area contributed by atoms with E-state index in [0.29, 0.717) is 4.47 Å². The van der Waals surface area contributed by atoms with Crippen LogP contribution in [0.5, 0.6) is 0 Å². The lowest BCUT2D eigenvalue weighted by atomic mass is 10.2. The van der Waals surface area contributed by atoms with Crippen molar-refractivity contribution >= 4 is 38.9 Å². The predicted octanol–water partition coefficient (Wildman–Crippen LogP) is 1.78. The SMILES string of the molecule is O=[N+]([O-])c1c(Cl)ccc(Br)c1NCC(O)CO. The zero-order chi connectivity index (χ0) is 13.0. The fourth-order valence-electron chi connectivity index (χ4n) is 1.17. The molecule has 0 saturated heterocycles. The van der Waals surface area contributed by atoms with Crippen molar-refractivity contribution in [1.82, 2.24) is 0 Å². The fourth-order valence-corrected chi connectivity index (χ4v) is 1.86. The molecule has 1 aromatic carbocycles. The maximum absolute atomic E-state index is 10.9. The Labute approximate surface area is 110 Å². The molecule has 0 aliphatic rings. The number of nitrogens with zero attached hydrogens (tertiary/aromatic N) is 1. The first-order valence-electron chi connectivity index (χ1n) is 4.62. The van der Waals surface area contributed by atoms with Gasteiger partial charge < -0.3 is 15.5 Å². The second kappa shape index (κ2) is 6.15. The number of benzene rings is 1. The molecule has 0 spiro atoms. The van der Waals surface area contributed by atoms with Gasteiger partial charge in [-0.3, -0.25) is 10.1 Å². The van der Waals surface area contributed by atoms with E-state index < -0.39 is 17.6 Å². The van der Waals surface area contributed by atoms with Crippen LogP contribution >= 0.6 is 27.5 Å². The largest absolute Gasteiger partial charge is 0.394 e. The molecule has 0 aliphatic heterocycles. The Morgan fingerprint density at radius 2 is 2.24 bits per heavy atom. The summed E-state index contributed by atoms with van der Waals surface area (Å²) in [5.74, 6) is 0. The molecular formula is C9H10BrClN2O4. The lowest BCUT2D eigenvalue weighted by Crippen LogP contribution is -2.23.